The molecule has 0 bridgehead atoms. The quantitative estimate of drug-likeness (QED) is 0.352. The summed E-state index contributed by atoms with van der Waals surface area (Å²) in [5.74, 6) is 1.66. The Balaban J connectivity index is 1.18. The van der Waals surface area contributed by atoms with Gasteiger partial charge in [0.25, 0.3) is 11.1 Å². The van der Waals surface area contributed by atoms with E-state index in [2.05, 4.69) is 14.3 Å². The molecule has 0 radical (unpaired) electrons. The summed E-state index contributed by atoms with van der Waals surface area (Å²) in [5, 5.41) is 0.393. The molecular formula is C27H25FN4O3S. The van der Waals surface area contributed by atoms with Gasteiger partial charge in [0.05, 0.1) is 7.11 Å². The van der Waals surface area contributed by atoms with Crippen LogP contribution in [0.15, 0.2) is 72.8 Å². The molecule has 1 fully saturated rings. The van der Waals surface area contributed by atoms with Crippen molar-refractivity contribution in [2.75, 3.05) is 38.2 Å². The minimum Gasteiger partial charge on any atom is -0.497 e. The van der Waals surface area contributed by atoms with Gasteiger partial charge in [0.1, 0.15) is 17.3 Å². The highest BCUT2D eigenvalue weighted by Gasteiger charge is 2.23. The van der Waals surface area contributed by atoms with Gasteiger partial charge in [-0.1, -0.05) is 18.2 Å². The second kappa shape index (κ2) is 10.7. The normalized spacial score (nSPS) is 13.5. The van der Waals surface area contributed by atoms with Gasteiger partial charge < -0.3 is 19.3 Å². The van der Waals surface area contributed by atoms with Crippen LogP contribution in [0.5, 0.6) is 16.7 Å². The molecule has 9 heteroatoms. The number of carbonyl (C=O) groups excluding carboxylic acids is 1. The topological polar surface area (TPSA) is 67.8 Å². The van der Waals surface area contributed by atoms with E-state index >= 15 is 0 Å². The maximum Gasteiger partial charge on any atom is 0.298 e. The molecular weight excluding hydrogens is 479 g/mol. The first-order valence-corrected chi connectivity index (χ1v) is 12.4. The number of benzene rings is 3. The van der Waals surface area contributed by atoms with Gasteiger partial charge in [0.15, 0.2) is 5.82 Å². The number of piperazine rings is 1. The van der Waals surface area contributed by atoms with Gasteiger partial charge in [-0.15, -0.1) is 0 Å². The van der Waals surface area contributed by atoms with E-state index in [0.717, 1.165) is 41.6 Å². The zero-order chi connectivity index (χ0) is 24.9. The van der Waals surface area contributed by atoms with Crippen LogP contribution >= 0.6 is 11.5 Å². The maximum absolute atomic E-state index is 13.1. The van der Waals surface area contributed by atoms with Crippen molar-refractivity contribution >= 4 is 23.1 Å². The summed E-state index contributed by atoms with van der Waals surface area (Å²) in [7, 11) is 1.65. The fourth-order valence-corrected chi connectivity index (χ4v) is 4.64. The van der Waals surface area contributed by atoms with Crippen LogP contribution in [0.1, 0.15) is 21.7 Å². The first-order valence-electron chi connectivity index (χ1n) is 11.6. The van der Waals surface area contributed by atoms with Crippen molar-refractivity contribution in [3.05, 3.63) is 95.6 Å². The summed E-state index contributed by atoms with van der Waals surface area (Å²) in [6.07, 6.45) is 0.487. The number of anilines is 1. The third-order valence-electron chi connectivity index (χ3n) is 6.02. The van der Waals surface area contributed by atoms with Crippen molar-refractivity contribution in [3.8, 4) is 16.7 Å². The Morgan fingerprint density at radius 1 is 0.972 bits per heavy atom. The zero-order valence-electron chi connectivity index (χ0n) is 19.8. The monoisotopic (exact) mass is 504 g/mol. The molecule has 0 unspecified atom stereocenters. The number of ether oxygens (including phenoxy) is 2. The van der Waals surface area contributed by atoms with E-state index in [4.69, 9.17) is 9.47 Å². The molecule has 0 aliphatic carbocycles. The lowest BCUT2D eigenvalue weighted by Crippen LogP contribution is -2.48. The lowest BCUT2D eigenvalue weighted by atomic mass is 10.1. The number of halogens is 1. The smallest absolute Gasteiger partial charge is 0.298 e. The van der Waals surface area contributed by atoms with Crippen molar-refractivity contribution in [3.63, 3.8) is 0 Å². The van der Waals surface area contributed by atoms with Crippen LogP contribution in [0.25, 0.3) is 0 Å². The Bertz CT molecular complexity index is 1320. The highest BCUT2D eigenvalue weighted by Crippen LogP contribution is 2.26. The molecule has 1 amide bonds. The number of carbonyl (C=O) groups is 1. The predicted molar refractivity (Wildman–Crippen MR) is 137 cm³/mol. The van der Waals surface area contributed by atoms with Gasteiger partial charge in [-0.2, -0.15) is 9.36 Å². The number of nitrogens with zero attached hydrogens (tertiary/aromatic N) is 4. The van der Waals surface area contributed by atoms with Gasteiger partial charge >= 0.3 is 0 Å². The largest absolute Gasteiger partial charge is 0.497 e. The van der Waals surface area contributed by atoms with Gasteiger partial charge in [-0.25, -0.2) is 4.39 Å². The standard InChI is InChI=1S/C27H25FN4O3S/c1-34-23-11-9-22(10-12-23)31-13-15-32(16-14-31)26(33)20-3-2-4-24(18-20)35-27-29-25(30-36-27)17-19-5-7-21(28)8-6-19/h2-12,18H,13-17H2,1H3. The molecule has 2 heterocycles. The highest BCUT2D eigenvalue weighted by molar-refractivity contribution is 7.07. The first-order chi connectivity index (χ1) is 17.6. The van der Waals surface area contributed by atoms with Gasteiger partial charge in [-0.3, -0.25) is 4.79 Å². The number of amides is 1. The van der Waals surface area contributed by atoms with Gasteiger partial charge in [0.2, 0.25) is 0 Å². The average Bonchev–Trinajstić information content (AvgIpc) is 3.36. The summed E-state index contributed by atoms with van der Waals surface area (Å²) < 4.78 is 28.6. The third kappa shape index (κ3) is 5.63. The number of hydrogen-bond donors (Lipinski definition) is 0. The molecule has 1 aliphatic heterocycles. The van der Waals surface area contributed by atoms with Crippen LogP contribution < -0.4 is 14.4 Å². The summed E-state index contributed by atoms with van der Waals surface area (Å²) in [6, 6.07) is 21.3. The number of methoxy groups -OCH3 is 1. The first kappa shape index (κ1) is 23.7. The van der Waals surface area contributed by atoms with Gasteiger partial charge in [-0.05, 0) is 60.2 Å². The van der Waals surface area contributed by atoms with Crippen LogP contribution in [0.2, 0.25) is 0 Å². The number of aromatic nitrogens is 2. The molecule has 3 aromatic carbocycles. The fraction of sp³-hybridized carbons (Fsp3) is 0.222. The minimum absolute atomic E-state index is 0.0240. The third-order valence-corrected chi connectivity index (χ3v) is 6.65. The van der Waals surface area contributed by atoms with E-state index in [9.17, 15) is 9.18 Å². The molecule has 5 rings (SSSR count). The van der Waals surface area contributed by atoms with Crippen LogP contribution in [0.4, 0.5) is 10.1 Å². The Morgan fingerprint density at radius 2 is 1.72 bits per heavy atom. The average molecular weight is 505 g/mol. The summed E-state index contributed by atoms with van der Waals surface area (Å²) in [4.78, 5) is 21.7. The molecule has 4 aromatic rings. The van der Waals surface area contributed by atoms with E-state index in [1.165, 1.54) is 12.1 Å². The SMILES string of the molecule is COc1ccc(N2CCN(C(=O)c3cccc(Oc4nc(Cc5ccc(F)cc5)ns4)c3)CC2)cc1. The molecule has 0 saturated carbocycles. The minimum atomic E-state index is -0.275. The van der Waals surface area contributed by atoms with E-state index in [1.54, 1.807) is 43.5 Å². The molecule has 0 atom stereocenters. The Hall–Kier alpha value is -3.98. The Morgan fingerprint density at radius 3 is 2.44 bits per heavy atom. The van der Waals surface area contributed by atoms with E-state index < -0.39 is 0 Å². The van der Waals surface area contributed by atoms with Crippen LogP contribution in [-0.2, 0) is 6.42 Å². The Labute approximate surface area is 212 Å². The van der Waals surface area contributed by atoms with E-state index in [-0.39, 0.29) is 11.7 Å². The van der Waals surface area contributed by atoms with Gasteiger partial charge in [0, 0.05) is 55.4 Å². The predicted octanol–water partition coefficient (Wildman–Crippen LogP) is 5.03. The van der Waals surface area contributed by atoms with Crippen molar-refractivity contribution in [1.82, 2.24) is 14.3 Å². The molecule has 1 aromatic heterocycles. The second-order valence-electron chi connectivity index (χ2n) is 8.39. The van der Waals surface area contributed by atoms with Crippen molar-refractivity contribution < 1.29 is 18.7 Å². The number of hydrogen-bond acceptors (Lipinski definition) is 7. The highest BCUT2D eigenvalue weighted by atomic mass is 32.1. The zero-order valence-corrected chi connectivity index (χ0v) is 20.6. The fourth-order valence-electron chi connectivity index (χ4n) is 4.07. The number of rotatable bonds is 7. The van der Waals surface area contributed by atoms with Crippen molar-refractivity contribution in [2.24, 2.45) is 0 Å². The Kier molecular flexibility index (Phi) is 7.08. The lowest BCUT2D eigenvalue weighted by Gasteiger charge is -2.36. The molecule has 1 saturated heterocycles. The summed E-state index contributed by atoms with van der Waals surface area (Å²) in [6.45, 7) is 2.80. The van der Waals surface area contributed by atoms with Crippen LogP contribution in [-0.4, -0.2) is 53.5 Å². The molecule has 36 heavy (non-hydrogen) atoms. The van der Waals surface area contributed by atoms with E-state index in [1.807, 2.05) is 29.2 Å². The second-order valence-corrected chi connectivity index (χ2v) is 9.10. The molecule has 0 spiro atoms. The maximum atomic E-state index is 13.1. The molecule has 0 N–H and O–H groups in total. The lowest BCUT2D eigenvalue weighted by molar-refractivity contribution is 0.0746. The summed E-state index contributed by atoms with van der Waals surface area (Å²) >= 11 is 1.14. The molecule has 1 aliphatic rings. The van der Waals surface area contributed by atoms with Crippen LogP contribution in [0.3, 0.4) is 0 Å². The van der Waals surface area contributed by atoms with E-state index in [0.29, 0.717) is 41.8 Å². The van der Waals surface area contributed by atoms with Crippen LogP contribution in [0, 0.1) is 5.82 Å². The molecule has 7 nitrogen and oxygen atoms in total. The molecule has 184 valence electrons. The summed E-state index contributed by atoms with van der Waals surface area (Å²) in [5.41, 5.74) is 2.61. The van der Waals surface area contributed by atoms with Crippen molar-refractivity contribution in [1.29, 1.82) is 0 Å². The van der Waals surface area contributed by atoms with Crippen molar-refractivity contribution in [2.45, 2.75) is 6.42 Å².